The lowest BCUT2D eigenvalue weighted by molar-refractivity contribution is -0.134. The SMILES string of the molecule is COc1ccc(CCC(=O)Oc2ccc(/C=C(\C#N)c3ccc(Cl)cc3)cc2OC)cc1OC. The van der Waals surface area contributed by atoms with Crippen LogP contribution in [0, 0.1) is 11.3 Å². The Morgan fingerprint density at radius 1 is 0.882 bits per heavy atom. The minimum atomic E-state index is -0.393. The van der Waals surface area contributed by atoms with Gasteiger partial charge in [-0.05, 0) is 65.6 Å². The van der Waals surface area contributed by atoms with Crippen molar-refractivity contribution in [3.05, 3.63) is 82.4 Å². The first-order valence-corrected chi connectivity index (χ1v) is 10.8. The normalized spacial score (nSPS) is 10.9. The number of hydrogen-bond acceptors (Lipinski definition) is 6. The molecule has 0 aliphatic carbocycles. The summed E-state index contributed by atoms with van der Waals surface area (Å²) in [4.78, 5) is 12.5. The van der Waals surface area contributed by atoms with Gasteiger partial charge in [0.05, 0.1) is 33.0 Å². The Morgan fingerprint density at radius 2 is 1.53 bits per heavy atom. The summed E-state index contributed by atoms with van der Waals surface area (Å²) in [5.41, 5.74) is 2.87. The Morgan fingerprint density at radius 3 is 2.18 bits per heavy atom. The minimum absolute atomic E-state index is 0.176. The highest BCUT2D eigenvalue weighted by molar-refractivity contribution is 6.30. The van der Waals surface area contributed by atoms with E-state index in [0.29, 0.717) is 40.0 Å². The molecule has 3 rings (SSSR count). The van der Waals surface area contributed by atoms with E-state index < -0.39 is 5.97 Å². The lowest BCUT2D eigenvalue weighted by atomic mass is 10.0. The second-order valence-electron chi connectivity index (χ2n) is 7.25. The quantitative estimate of drug-likeness (QED) is 0.163. The first kappa shape index (κ1) is 24.7. The summed E-state index contributed by atoms with van der Waals surface area (Å²) in [6.45, 7) is 0. The molecule has 3 aromatic rings. The van der Waals surface area contributed by atoms with Gasteiger partial charge < -0.3 is 18.9 Å². The van der Waals surface area contributed by atoms with Crippen LogP contribution in [-0.4, -0.2) is 27.3 Å². The molecule has 34 heavy (non-hydrogen) atoms. The number of esters is 1. The van der Waals surface area contributed by atoms with E-state index in [0.717, 1.165) is 16.7 Å². The second-order valence-corrected chi connectivity index (χ2v) is 7.69. The molecule has 0 spiro atoms. The van der Waals surface area contributed by atoms with Crippen molar-refractivity contribution in [3.8, 4) is 29.1 Å². The third-order valence-corrected chi connectivity index (χ3v) is 5.32. The van der Waals surface area contributed by atoms with Gasteiger partial charge in [-0.25, -0.2) is 0 Å². The summed E-state index contributed by atoms with van der Waals surface area (Å²) < 4.78 is 21.5. The number of benzene rings is 3. The van der Waals surface area contributed by atoms with Gasteiger partial charge in [-0.1, -0.05) is 35.9 Å². The van der Waals surface area contributed by atoms with Crippen LogP contribution in [-0.2, 0) is 11.2 Å². The highest BCUT2D eigenvalue weighted by Crippen LogP contribution is 2.31. The van der Waals surface area contributed by atoms with Crippen molar-refractivity contribution in [2.75, 3.05) is 21.3 Å². The molecule has 7 heteroatoms. The molecular formula is C27H24ClNO5. The predicted octanol–water partition coefficient (Wildman–Crippen LogP) is 5.97. The third kappa shape index (κ3) is 6.31. The van der Waals surface area contributed by atoms with Gasteiger partial charge in [0.15, 0.2) is 23.0 Å². The van der Waals surface area contributed by atoms with Crippen LogP contribution < -0.4 is 18.9 Å². The summed E-state index contributed by atoms with van der Waals surface area (Å²) in [5, 5.41) is 10.2. The molecule has 0 aromatic heterocycles. The molecule has 0 fully saturated rings. The number of nitrogens with zero attached hydrogens (tertiary/aromatic N) is 1. The smallest absolute Gasteiger partial charge is 0.311 e. The van der Waals surface area contributed by atoms with Crippen LogP contribution in [0.25, 0.3) is 11.6 Å². The fraction of sp³-hybridized carbons (Fsp3) is 0.185. The number of rotatable bonds is 9. The zero-order valence-electron chi connectivity index (χ0n) is 19.1. The third-order valence-electron chi connectivity index (χ3n) is 5.06. The maximum Gasteiger partial charge on any atom is 0.311 e. The van der Waals surface area contributed by atoms with Gasteiger partial charge in [0.2, 0.25) is 0 Å². The molecule has 0 amide bonds. The van der Waals surface area contributed by atoms with Gasteiger partial charge in [0.1, 0.15) is 0 Å². The fourth-order valence-corrected chi connectivity index (χ4v) is 3.42. The molecule has 0 saturated carbocycles. The van der Waals surface area contributed by atoms with Crippen molar-refractivity contribution in [3.63, 3.8) is 0 Å². The molecule has 0 bridgehead atoms. The van der Waals surface area contributed by atoms with Gasteiger partial charge in [-0.3, -0.25) is 4.79 Å². The molecule has 0 N–H and O–H groups in total. The topological polar surface area (TPSA) is 77.8 Å². The molecule has 0 aliphatic rings. The molecule has 0 radical (unpaired) electrons. The summed E-state index contributed by atoms with van der Waals surface area (Å²) in [5.74, 6) is 1.54. The van der Waals surface area contributed by atoms with E-state index in [1.165, 1.54) is 7.11 Å². The molecule has 0 atom stereocenters. The van der Waals surface area contributed by atoms with Crippen LogP contribution >= 0.6 is 11.6 Å². The number of carbonyl (C=O) groups is 1. The predicted molar refractivity (Wildman–Crippen MR) is 131 cm³/mol. The summed E-state index contributed by atoms with van der Waals surface area (Å²) in [6.07, 6.45) is 2.39. The number of halogens is 1. The van der Waals surface area contributed by atoms with E-state index in [2.05, 4.69) is 6.07 Å². The lowest BCUT2D eigenvalue weighted by Crippen LogP contribution is -2.10. The average Bonchev–Trinajstić information content (AvgIpc) is 2.87. The van der Waals surface area contributed by atoms with Crippen LogP contribution in [0.2, 0.25) is 5.02 Å². The van der Waals surface area contributed by atoms with Crippen LogP contribution in [0.15, 0.2) is 60.7 Å². The first-order valence-electron chi connectivity index (χ1n) is 10.4. The molecule has 0 aliphatic heterocycles. The number of aryl methyl sites for hydroxylation is 1. The minimum Gasteiger partial charge on any atom is -0.493 e. The standard InChI is InChI=1S/C27H24ClNO5/c1-31-23-11-4-18(15-25(23)32-2)6-13-27(30)34-24-12-5-19(16-26(24)33-3)14-21(17-29)20-7-9-22(28)10-8-20/h4-5,7-12,14-16H,6,13H2,1-3H3/b21-14+. The van der Waals surface area contributed by atoms with E-state index >= 15 is 0 Å². The molecule has 3 aromatic carbocycles. The van der Waals surface area contributed by atoms with E-state index in [4.69, 9.17) is 30.5 Å². The van der Waals surface area contributed by atoms with Gasteiger partial charge in [-0.15, -0.1) is 0 Å². The average molecular weight is 478 g/mol. The van der Waals surface area contributed by atoms with E-state index in [-0.39, 0.29) is 6.42 Å². The molecule has 174 valence electrons. The van der Waals surface area contributed by atoms with Crippen LogP contribution in [0.4, 0.5) is 0 Å². The largest absolute Gasteiger partial charge is 0.493 e. The van der Waals surface area contributed by atoms with Crippen molar-refractivity contribution < 1.29 is 23.7 Å². The zero-order chi connectivity index (χ0) is 24.5. The highest BCUT2D eigenvalue weighted by Gasteiger charge is 2.13. The van der Waals surface area contributed by atoms with E-state index in [9.17, 15) is 10.1 Å². The van der Waals surface area contributed by atoms with Crippen molar-refractivity contribution in [2.45, 2.75) is 12.8 Å². The number of methoxy groups -OCH3 is 3. The summed E-state index contributed by atoms with van der Waals surface area (Å²) in [7, 11) is 4.63. The Balaban J connectivity index is 1.70. The summed E-state index contributed by atoms with van der Waals surface area (Å²) >= 11 is 5.93. The highest BCUT2D eigenvalue weighted by atomic mass is 35.5. The Labute approximate surface area is 203 Å². The molecular weight excluding hydrogens is 454 g/mol. The molecule has 0 saturated heterocycles. The van der Waals surface area contributed by atoms with Crippen LogP contribution in [0.3, 0.4) is 0 Å². The van der Waals surface area contributed by atoms with Crippen molar-refractivity contribution in [2.24, 2.45) is 0 Å². The number of hydrogen-bond donors (Lipinski definition) is 0. The second kappa shape index (κ2) is 11.8. The van der Waals surface area contributed by atoms with Gasteiger partial charge >= 0.3 is 5.97 Å². The molecule has 0 heterocycles. The zero-order valence-corrected chi connectivity index (χ0v) is 19.9. The van der Waals surface area contributed by atoms with Crippen molar-refractivity contribution in [1.29, 1.82) is 5.26 Å². The number of ether oxygens (including phenoxy) is 4. The lowest BCUT2D eigenvalue weighted by Gasteiger charge is -2.11. The molecule has 6 nitrogen and oxygen atoms in total. The van der Waals surface area contributed by atoms with Crippen molar-refractivity contribution >= 4 is 29.2 Å². The maximum absolute atomic E-state index is 12.5. The van der Waals surface area contributed by atoms with Crippen LogP contribution in [0.5, 0.6) is 23.0 Å². The molecule has 0 unspecified atom stereocenters. The van der Waals surface area contributed by atoms with E-state index in [1.54, 1.807) is 68.8 Å². The fourth-order valence-electron chi connectivity index (χ4n) is 3.29. The van der Waals surface area contributed by atoms with E-state index in [1.807, 2.05) is 12.1 Å². The maximum atomic E-state index is 12.5. The number of allylic oxidation sites excluding steroid dienone is 1. The van der Waals surface area contributed by atoms with Crippen LogP contribution in [0.1, 0.15) is 23.1 Å². The number of nitriles is 1. The monoisotopic (exact) mass is 477 g/mol. The van der Waals surface area contributed by atoms with Gasteiger partial charge in [-0.2, -0.15) is 5.26 Å². The Hall–Kier alpha value is -3.95. The first-order chi connectivity index (χ1) is 16.5. The van der Waals surface area contributed by atoms with Gasteiger partial charge in [0, 0.05) is 11.4 Å². The van der Waals surface area contributed by atoms with Crippen molar-refractivity contribution in [1.82, 2.24) is 0 Å². The Bertz CT molecular complexity index is 1230. The number of carbonyl (C=O) groups excluding carboxylic acids is 1. The van der Waals surface area contributed by atoms with Gasteiger partial charge in [0.25, 0.3) is 0 Å². The Kier molecular flexibility index (Phi) is 8.55. The summed E-state index contributed by atoms with van der Waals surface area (Å²) in [6, 6.07) is 19.8.